The van der Waals surface area contributed by atoms with Crippen LogP contribution in [-0.2, 0) is 23.1 Å². The number of rotatable bonds is 7. The first kappa shape index (κ1) is 22.8. The fraction of sp³-hybridized carbons (Fsp3) is 0.333. The number of nitrogens with one attached hydrogen (secondary N) is 1. The van der Waals surface area contributed by atoms with E-state index in [2.05, 4.69) is 21.3 Å². The molecule has 3 rings (SSSR count). The molecule has 2 amide bonds. The monoisotopic (exact) mass is 433 g/mol. The third-order valence-corrected chi connectivity index (χ3v) is 5.42. The van der Waals surface area contributed by atoms with E-state index in [4.69, 9.17) is 11.2 Å². The van der Waals surface area contributed by atoms with Crippen molar-refractivity contribution in [2.24, 2.45) is 7.05 Å². The average Bonchev–Trinajstić information content (AvgIpc) is 3.08. The number of pyridine rings is 1. The molecular formula is C24H27N5O3. The van der Waals surface area contributed by atoms with E-state index in [0.717, 1.165) is 27.9 Å². The summed E-state index contributed by atoms with van der Waals surface area (Å²) in [7, 11) is 5.01. The number of benzene rings is 1. The van der Waals surface area contributed by atoms with E-state index in [9.17, 15) is 9.59 Å². The Bertz CT molecular complexity index is 1220. The lowest BCUT2D eigenvalue weighted by Gasteiger charge is -2.18. The molecule has 0 radical (unpaired) electrons. The Labute approximate surface area is 187 Å². The van der Waals surface area contributed by atoms with Crippen molar-refractivity contribution in [2.75, 3.05) is 26.0 Å². The number of carbonyl (C=O) groups is 2. The minimum Gasteiger partial charge on any atom is -0.479 e. The van der Waals surface area contributed by atoms with Gasteiger partial charge < -0.3 is 15.0 Å². The number of carbonyl (C=O) groups excluding carboxylic acids is 2. The molecule has 0 spiro atoms. The van der Waals surface area contributed by atoms with E-state index in [1.165, 1.54) is 4.90 Å². The number of ether oxygens (including phenoxy) is 1. The van der Waals surface area contributed by atoms with Crippen molar-refractivity contribution in [3.8, 4) is 18.2 Å². The number of hydrogen-bond donors (Lipinski definition) is 1. The topological polar surface area (TPSA) is 89.3 Å². The number of amides is 2. The summed E-state index contributed by atoms with van der Waals surface area (Å²) in [5.41, 5.74) is 4.85. The largest absolute Gasteiger partial charge is 0.479 e. The number of hydrogen-bond acceptors (Lipinski definition) is 5. The van der Waals surface area contributed by atoms with E-state index >= 15 is 0 Å². The van der Waals surface area contributed by atoms with Gasteiger partial charge in [0.2, 0.25) is 17.7 Å². The molecule has 0 aliphatic heterocycles. The highest BCUT2D eigenvalue weighted by Gasteiger charge is 2.20. The number of aromatic nitrogens is 3. The lowest BCUT2D eigenvalue weighted by molar-refractivity contribution is -0.133. The third kappa shape index (κ3) is 4.72. The summed E-state index contributed by atoms with van der Waals surface area (Å²) in [6.07, 6.45) is 6.15. The maximum atomic E-state index is 12.7. The summed E-state index contributed by atoms with van der Waals surface area (Å²) in [5.74, 6) is 2.63. The standard InChI is InChI=1S/C24H27N5O3/c1-7-17-9-8-10-18(13-17)26-20(30)14-28(4)21(31)12-11-19-15(2)22-23(25-16(19)3)29(5)27-24(22)32-6/h1,8-10,13H,11-12,14H2,2-6H3,(H,26,30). The molecule has 8 nitrogen and oxygen atoms in total. The minimum atomic E-state index is -0.287. The maximum absolute atomic E-state index is 12.7. The zero-order valence-electron chi connectivity index (χ0n) is 19.0. The van der Waals surface area contributed by atoms with E-state index < -0.39 is 0 Å². The van der Waals surface area contributed by atoms with Crippen LogP contribution in [0.3, 0.4) is 0 Å². The van der Waals surface area contributed by atoms with Crippen molar-refractivity contribution in [1.82, 2.24) is 19.7 Å². The van der Waals surface area contributed by atoms with Crippen LogP contribution in [0.25, 0.3) is 11.0 Å². The van der Waals surface area contributed by atoms with Crippen molar-refractivity contribution in [2.45, 2.75) is 26.7 Å². The number of nitrogens with zero attached hydrogens (tertiary/aromatic N) is 4. The number of likely N-dealkylation sites (N-methyl/N-ethyl adjacent to an activating group) is 1. The Balaban J connectivity index is 1.65. The van der Waals surface area contributed by atoms with E-state index in [1.807, 2.05) is 20.9 Å². The van der Waals surface area contributed by atoms with Crippen molar-refractivity contribution in [3.63, 3.8) is 0 Å². The summed E-state index contributed by atoms with van der Waals surface area (Å²) >= 11 is 0. The number of fused-ring (bicyclic) bond motifs is 1. The fourth-order valence-electron chi connectivity index (χ4n) is 3.72. The van der Waals surface area contributed by atoms with Crippen LogP contribution < -0.4 is 10.1 Å². The zero-order valence-corrected chi connectivity index (χ0v) is 19.0. The van der Waals surface area contributed by atoms with Crippen LogP contribution >= 0.6 is 0 Å². The molecule has 0 fully saturated rings. The molecule has 0 bridgehead atoms. The molecule has 0 saturated carbocycles. The van der Waals surface area contributed by atoms with Crippen LogP contribution in [0.15, 0.2) is 24.3 Å². The van der Waals surface area contributed by atoms with Gasteiger partial charge in [0.25, 0.3) is 0 Å². The van der Waals surface area contributed by atoms with Crippen LogP contribution in [-0.4, -0.2) is 52.2 Å². The molecule has 2 heterocycles. The second-order valence-electron chi connectivity index (χ2n) is 7.66. The molecule has 1 aromatic carbocycles. The Morgan fingerprint density at radius 3 is 2.75 bits per heavy atom. The summed E-state index contributed by atoms with van der Waals surface area (Å²) in [5, 5.41) is 7.97. The van der Waals surface area contributed by atoms with Gasteiger partial charge in [-0.1, -0.05) is 12.0 Å². The summed E-state index contributed by atoms with van der Waals surface area (Å²) in [6, 6.07) is 7.01. The molecule has 0 unspecified atom stereocenters. The summed E-state index contributed by atoms with van der Waals surface area (Å²) < 4.78 is 7.08. The van der Waals surface area contributed by atoms with Gasteiger partial charge in [-0.2, -0.15) is 0 Å². The van der Waals surface area contributed by atoms with Crippen LogP contribution in [0.2, 0.25) is 0 Å². The Hall–Kier alpha value is -3.86. The van der Waals surface area contributed by atoms with E-state index in [0.29, 0.717) is 23.6 Å². The van der Waals surface area contributed by atoms with Gasteiger partial charge in [0.15, 0.2) is 5.65 Å². The maximum Gasteiger partial charge on any atom is 0.243 e. The van der Waals surface area contributed by atoms with Crippen molar-refractivity contribution in [1.29, 1.82) is 0 Å². The van der Waals surface area contributed by atoms with Gasteiger partial charge >= 0.3 is 0 Å². The van der Waals surface area contributed by atoms with Gasteiger partial charge in [-0.05, 0) is 49.6 Å². The van der Waals surface area contributed by atoms with Crippen molar-refractivity contribution in [3.05, 3.63) is 46.6 Å². The third-order valence-electron chi connectivity index (χ3n) is 5.42. The minimum absolute atomic E-state index is 0.0508. The average molecular weight is 434 g/mol. The first-order chi connectivity index (χ1) is 15.2. The second kappa shape index (κ2) is 9.52. The van der Waals surface area contributed by atoms with Gasteiger partial charge in [0.05, 0.1) is 19.0 Å². The predicted octanol–water partition coefficient (Wildman–Crippen LogP) is 2.60. The normalized spacial score (nSPS) is 10.6. The Morgan fingerprint density at radius 1 is 1.31 bits per heavy atom. The van der Waals surface area contributed by atoms with E-state index in [1.54, 1.807) is 43.1 Å². The summed E-state index contributed by atoms with van der Waals surface area (Å²) in [4.78, 5) is 31.1. The quantitative estimate of drug-likeness (QED) is 0.579. The fourth-order valence-corrected chi connectivity index (χ4v) is 3.72. The van der Waals surface area contributed by atoms with Crippen LogP contribution in [0.4, 0.5) is 5.69 Å². The van der Waals surface area contributed by atoms with Crippen molar-refractivity contribution >= 4 is 28.5 Å². The van der Waals surface area contributed by atoms with Gasteiger partial charge in [-0.25, -0.2) is 9.67 Å². The highest BCUT2D eigenvalue weighted by Crippen LogP contribution is 2.30. The molecule has 8 heteroatoms. The van der Waals surface area contributed by atoms with E-state index in [-0.39, 0.29) is 24.8 Å². The van der Waals surface area contributed by atoms with Gasteiger partial charge in [-0.15, -0.1) is 11.5 Å². The van der Waals surface area contributed by atoms with Crippen LogP contribution in [0.5, 0.6) is 5.88 Å². The predicted molar refractivity (Wildman–Crippen MR) is 123 cm³/mol. The first-order valence-electron chi connectivity index (χ1n) is 10.2. The molecule has 0 atom stereocenters. The lowest BCUT2D eigenvalue weighted by atomic mass is 10.00. The van der Waals surface area contributed by atoms with Gasteiger partial charge in [-0.3, -0.25) is 9.59 Å². The second-order valence-corrected chi connectivity index (χ2v) is 7.66. The van der Waals surface area contributed by atoms with Crippen molar-refractivity contribution < 1.29 is 14.3 Å². The molecule has 3 aromatic rings. The molecule has 2 aromatic heterocycles. The van der Waals surface area contributed by atoms with Crippen LogP contribution in [0, 0.1) is 26.2 Å². The highest BCUT2D eigenvalue weighted by atomic mass is 16.5. The van der Waals surface area contributed by atoms with Gasteiger partial charge in [0.1, 0.15) is 0 Å². The molecule has 32 heavy (non-hydrogen) atoms. The lowest BCUT2D eigenvalue weighted by Crippen LogP contribution is -2.35. The molecule has 0 saturated heterocycles. The molecule has 0 aliphatic rings. The number of aryl methyl sites for hydroxylation is 3. The SMILES string of the molecule is C#Cc1cccc(NC(=O)CN(C)C(=O)CCc2c(C)nc3c(c(OC)nn3C)c2C)c1. The number of terminal acetylenes is 1. The number of methoxy groups -OCH3 is 1. The highest BCUT2D eigenvalue weighted by molar-refractivity contribution is 5.94. The molecule has 1 N–H and O–H groups in total. The zero-order chi connectivity index (χ0) is 23.4. The molecular weight excluding hydrogens is 406 g/mol. The Morgan fingerprint density at radius 2 is 2.06 bits per heavy atom. The Kier molecular flexibility index (Phi) is 6.79. The summed E-state index contributed by atoms with van der Waals surface area (Å²) in [6.45, 7) is 3.86. The van der Waals surface area contributed by atoms with Gasteiger partial charge in [0, 0.05) is 37.5 Å². The molecule has 0 aliphatic carbocycles. The first-order valence-corrected chi connectivity index (χ1v) is 10.2. The van der Waals surface area contributed by atoms with Crippen LogP contribution in [0.1, 0.15) is 28.8 Å². The molecule has 166 valence electrons. The number of anilines is 1. The smallest absolute Gasteiger partial charge is 0.243 e.